The number of halogens is 1. The molecule has 1 aliphatic rings. The van der Waals surface area contributed by atoms with Gasteiger partial charge in [-0.05, 0) is 41.4 Å². The van der Waals surface area contributed by atoms with E-state index >= 15 is 0 Å². The van der Waals surface area contributed by atoms with E-state index in [-0.39, 0.29) is 6.04 Å². The van der Waals surface area contributed by atoms with Crippen molar-refractivity contribution in [3.8, 4) is 0 Å². The normalized spacial score (nSPS) is 26.9. The maximum Gasteiger partial charge on any atom is 0.143 e. The third kappa shape index (κ3) is 1.64. The molecule has 1 saturated heterocycles. The Morgan fingerprint density at radius 2 is 2.43 bits per heavy atom. The maximum atomic E-state index is 5.97. The van der Waals surface area contributed by atoms with Crippen LogP contribution in [0.15, 0.2) is 22.8 Å². The Kier molecular flexibility index (Phi) is 2.74. The Morgan fingerprint density at radius 1 is 1.64 bits per heavy atom. The van der Waals surface area contributed by atoms with Crippen LogP contribution < -0.4 is 10.6 Å². The van der Waals surface area contributed by atoms with Crippen LogP contribution in [0.3, 0.4) is 0 Å². The van der Waals surface area contributed by atoms with Crippen molar-refractivity contribution < 1.29 is 0 Å². The summed E-state index contributed by atoms with van der Waals surface area (Å²) in [6.07, 6.45) is 2.86. The lowest BCUT2D eigenvalue weighted by Gasteiger charge is -2.24. The molecule has 1 aliphatic heterocycles. The van der Waals surface area contributed by atoms with Gasteiger partial charge in [0.1, 0.15) is 5.82 Å². The molecule has 2 unspecified atom stereocenters. The summed E-state index contributed by atoms with van der Waals surface area (Å²) in [7, 11) is 0. The largest absolute Gasteiger partial charge is 0.351 e. The molecular formula is C10H14BrN3. The Hall–Kier alpha value is -0.610. The molecule has 4 heteroatoms. The molecule has 2 rings (SSSR count). The molecule has 0 aliphatic carbocycles. The van der Waals surface area contributed by atoms with Gasteiger partial charge in [-0.25, -0.2) is 4.98 Å². The molecule has 2 atom stereocenters. The molecule has 0 bridgehead atoms. The van der Waals surface area contributed by atoms with E-state index < -0.39 is 0 Å². The van der Waals surface area contributed by atoms with Gasteiger partial charge in [-0.1, -0.05) is 0 Å². The van der Waals surface area contributed by atoms with Crippen molar-refractivity contribution in [3.05, 3.63) is 22.8 Å². The second-order valence-corrected chi connectivity index (χ2v) is 4.55. The number of aromatic nitrogens is 1. The van der Waals surface area contributed by atoms with E-state index in [1.54, 1.807) is 0 Å². The quantitative estimate of drug-likeness (QED) is 0.832. The van der Waals surface area contributed by atoms with Crippen molar-refractivity contribution in [2.24, 2.45) is 5.73 Å². The van der Waals surface area contributed by atoms with Gasteiger partial charge < -0.3 is 10.6 Å². The van der Waals surface area contributed by atoms with E-state index in [0.717, 1.165) is 23.3 Å². The van der Waals surface area contributed by atoms with E-state index in [2.05, 4.69) is 32.7 Å². The molecule has 0 radical (unpaired) electrons. The number of anilines is 1. The first-order valence-corrected chi connectivity index (χ1v) is 5.62. The molecule has 1 aromatic rings. The van der Waals surface area contributed by atoms with Crippen molar-refractivity contribution in [2.75, 3.05) is 11.4 Å². The van der Waals surface area contributed by atoms with Crippen LogP contribution in [0.4, 0.5) is 5.82 Å². The molecule has 0 amide bonds. The topological polar surface area (TPSA) is 42.1 Å². The van der Waals surface area contributed by atoms with Crippen molar-refractivity contribution in [1.29, 1.82) is 0 Å². The SMILES string of the molecule is CC1C(N)CCN1c1ncccc1Br. The summed E-state index contributed by atoms with van der Waals surface area (Å²) < 4.78 is 1.04. The van der Waals surface area contributed by atoms with Gasteiger partial charge in [-0.15, -0.1) is 0 Å². The summed E-state index contributed by atoms with van der Waals surface area (Å²) in [6.45, 7) is 3.15. The van der Waals surface area contributed by atoms with Gasteiger partial charge in [0, 0.05) is 24.8 Å². The molecule has 2 N–H and O–H groups in total. The third-order valence-corrected chi connectivity index (χ3v) is 3.44. The standard InChI is InChI=1S/C10H14BrN3/c1-7-9(12)4-6-14(7)10-8(11)3-2-5-13-10/h2-3,5,7,9H,4,6,12H2,1H3. The first kappa shape index (κ1) is 9.93. The first-order valence-electron chi connectivity index (χ1n) is 4.83. The van der Waals surface area contributed by atoms with E-state index in [0.29, 0.717) is 6.04 Å². The summed E-state index contributed by atoms with van der Waals surface area (Å²) in [6, 6.07) is 4.58. The van der Waals surface area contributed by atoms with Gasteiger partial charge in [-0.3, -0.25) is 0 Å². The molecule has 2 heterocycles. The zero-order valence-electron chi connectivity index (χ0n) is 8.15. The lowest BCUT2D eigenvalue weighted by atomic mass is 10.2. The van der Waals surface area contributed by atoms with Gasteiger partial charge in [0.05, 0.1) is 4.47 Å². The van der Waals surface area contributed by atoms with E-state index in [1.807, 2.05) is 18.3 Å². The first-order chi connectivity index (χ1) is 6.70. The molecule has 0 aromatic carbocycles. The molecule has 1 aromatic heterocycles. The molecule has 14 heavy (non-hydrogen) atoms. The van der Waals surface area contributed by atoms with Gasteiger partial charge in [0.15, 0.2) is 0 Å². The Bertz CT molecular complexity index is 329. The van der Waals surface area contributed by atoms with Gasteiger partial charge in [0.25, 0.3) is 0 Å². The fourth-order valence-electron chi connectivity index (χ4n) is 1.85. The van der Waals surface area contributed by atoms with Crippen LogP contribution in [0.5, 0.6) is 0 Å². The highest BCUT2D eigenvalue weighted by molar-refractivity contribution is 9.10. The van der Waals surface area contributed by atoms with Gasteiger partial charge in [0.2, 0.25) is 0 Å². The summed E-state index contributed by atoms with van der Waals surface area (Å²) in [5, 5.41) is 0. The zero-order chi connectivity index (χ0) is 10.1. The molecule has 3 nitrogen and oxygen atoms in total. The number of nitrogens with zero attached hydrogens (tertiary/aromatic N) is 2. The third-order valence-electron chi connectivity index (χ3n) is 2.83. The fourth-order valence-corrected chi connectivity index (χ4v) is 2.33. The second-order valence-electron chi connectivity index (χ2n) is 3.70. The predicted octanol–water partition coefficient (Wildman–Crippen LogP) is 1.77. The number of hydrogen-bond acceptors (Lipinski definition) is 3. The van der Waals surface area contributed by atoms with E-state index in [4.69, 9.17) is 5.73 Å². The van der Waals surface area contributed by atoms with Crippen LogP contribution in [0, 0.1) is 0 Å². The van der Waals surface area contributed by atoms with Crippen LogP contribution in [-0.2, 0) is 0 Å². The lowest BCUT2D eigenvalue weighted by Crippen LogP contribution is -2.37. The lowest BCUT2D eigenvalue weighted by molar-refractivity contribution is 0.621. The maximum absolute atomic E-state index is 5.97. The molecule has 1 fully saturated rings. The van der Waals surface area contributed by atoms with Gasteiger partial charge in [-0.2, -0.15) is 0 Å². The minimum absolute atomic E-state index is 0.268. The van der Waals surface area contributed by atoms with Crippen LogP contribution in [0.2, 0.25) is 0 Å². The monoisotopic (exact) mass is 255 g/mol. The fraction of sp³-hybridized carbons (Fsp3) is 0.500. The number of nitrogens with two attached hydrogens (primary N) is 1. The highest BCUT2D eigenvalue weighted by atomic mass is 79.9. The molecular weight excluding hydrogens is 242 g/mol. The second kappa shape index (κ2) is 3.87. The summed E-state index contributed by atoms with van der Waals surface area (Å²) in [5.74, 6) is 1.01. The molecule has 0 spiro atoms. The van der Waals surface area contributed by atoms with Gasteiger partial charge >= 0.3 is 0 Å². The van der Waals surface area contributed by atoms with Crippen molar-refractivity contribution in [2.45, 2.75) is 25.4 Å². The van der Waals surface area contributed by atoms with Crippen LogP contribution in [0.1, 0.15) is 13.3 Å². The average molecular weight is 256 g/mol. The molecule has 76 valence electrons. The van der Waals surface area contributed by atoms with E-state index in [9.17, 15) is 0 Å². The van der Waals surface area contributed by atoms with Crippen LogP contribution >= 0.6 is 15.9 Å². The average Bonchev–Trinajstić information content (AvgIpc) is 2.49. The number of rotatable bonds is 1. The minimum atomic E-state index is 0.268. The minimum Gasteiger partial charge on any atom is -0.351 e. The Morgan fingerprint density at radius 3 is 3.00 bits per heavy atom. The summed E-state index contributed by atoms with van der Waals surface area (Å²) in [5.41, 5.74) is 5.97. The summed E-state index contributed by atoms with van der Waals surface area (Å²) in [4.78, 5) is 6.63. The zero-order valence-corrected chi connectivity index (χ0v) is 9.74. The van der Waals surface area contributed by atoms with Crippen LogP contribution in [-0.4, -0.2) is 23.6 Å². The van der Waals surface area contributed by atoms with Crippen LogP contribution in [0.25, 0.3) is 0 Å². The van der Waals surface area contributed by atoms with Crippen molar-refractivity contribution in [3.63, 3.8) is 0 Å². The summed E-state index contributed by atoms with van der Waals surface area (Å²) >= 11 is 3.51. The number of pyridine rings is 1. The van der Waals surface area contributed by atoms with E-state index in [1.165, 1.54) is 0 Å². The number of hydrogen-bond donors (Lipinski definition) is 1. The highest BCUT2D eigenvalue weighted by Crippen LogP contribution is 2.28. The Balaban J connectivity index is 2.28. The van der Waals surface area contributed by atoms with Crippen molar-refractivity contribution in [1.82, 2.24) is 4.98 Å². The highest BCUT2D eigenvalue weighted by Gasteiger charge is 2.29. The molecule has 0 saturated carbocycles. The Labute approximate surface area is 92.4 Å². The van der Waals surface area contributed by atoms with Crippen molar-refractivity contribution >= 4 is 21.7 Å². The smallest absolute Gasteiger partial charge is 0.143 e. The predicted molar refractivity (Wildman–Crippen MR) is 61.3 cm³/mol.